The first kappa shape index (κ1) is 42.9. The summed E-state index contributed by atoms with van der Waals surface area (Å²) in [5.74, 6) is -2.38. The van der Waals surface area contributed by atoms with Crippen molar-refractivity contribution in [2.75, 3.05) is 5.73 Å². The molecular formula is C42H29N7O12S3. The maximum atomic E-state index is 12.4. The van der Waals surface area contributed by atoms with E-state index in [1.807, 2.05) is 24.3 Å². The van der Waals surface area contributed by atoms with Crippen LogP contribution in [0.3, 0.4) is 0 Å². The molecule has 0 atom stereocenters. The first-order valence-corrected chi connectivity index (χ1v) is 22.6. The minimum absolute atomic E-state index is 0.149. The van der Waals surface area contributed by atoms with E-state index in [0.717, 1.165) is 29.0 Å². The van der Waals surface area contributed by atoms with Gasteiger partial charge in [0.05, 0.1) is 33.0 Å². The smallest absolute Gasteiger partial charge is 0.296 e. The molecular weight excluding hydrogens is 891 g/mol. The monoisotopic (exact) mass is 919 g/mol. The number of hydrogen-bond acceptors (Lipinski definition) is 16. The summed E-state index contributed by atoms with van der Waals surface area (Å²) < 4.78 is 102. The molecule has 0 aliphatic heterocycles. The Balaban J connectivity index is 1.04. The minimum atomic E-state index is -5.10. The second-order valence-corrected chi connectivity index (χ2v) is 18.1. The zero-order valence-corrected chi connectivity index (χ0v) is 34.7. The molecule has 322 valence electrons. The van der Waals surface area contributed by atoms with Crippen molar-refractivity contribution < 1.29 is 54.2 Å². The van der Waals surface area contributed by atoms with Crippen molar-refractivity contribution >= 4 is 102 Å². The fraction of sp³-hybridized carbons (Fsp3) is 0. The van der Waals surface area contributed by atoms with Crippen molar-refractivity contribution in [2.45, 2.75) is 14.7 Å². The SMILES string of the molecule is Nc1ccc(N=Nc2ccc3cc(S(=O)(=O)O)c(N=Nc4ccc(-c5ccc(N=Nc6c(S(=O)(=O)O)cc7cc(S(=O)(=O)O)cc(O)c7c6O)cc5)cc4)c(O)c3c2)c2ccccc12. The van der Waals surface area contributed by atoms with Gasteiger partial charge in [0.1, 0.15) is 26.9 Å². The highest BCUT2D eigenvalue weighted by Crippen LogP contribution is 2.46. The molecule has 0 unspecified atom stereocenters. The van der Waals surface area contributed by atoms with Crippen LogP contribution in [0.5, 0.6) is 17.2 Å². The van der Waals surface area contributed by atoms with Crippen LogP contribution in [0.1, 0.15) is 0 Å². The highest BCUT2D eigenvalue weighted by molar-refractivity contribution is 7.86. The normalized spacial score (nSPS) is 12.7. The number of hydrogen-bond donors (Lipinski definition) is 7. The third-order valence-electron chi connectivity index (χ3n) is 9.80. The molecule has 64 heavy (non-hydrogen) atoms. The number of phenols is 3. The number of nitrogens with two attached hydrogens (primary N) is 1. The first-order valence-electron chi connectivity index (χ1n) is 18.2. The number of phenolic OH excluding ortho intramolecular Hbond substituents is 3. The summed E-state index contributed by atoms with van der Waals surface area (Å²) in [5.41, 5.74) is 7.93. The Morgan fingerprint density at radius 3 is 1.52 bits per heavy atom. The van der Waals surface area contributed by atoms with Crippen molar-refractivity contribution in [3.63, 3.8) is 0 Å². The van der Waals surface area contributed by atoms with Gasteiger partial charge in [0, 0.05) is 27.9 Å². The number of fused-ring (bicyclic) bond motifs is 3. The second kappa shape index (κ2) is 16.2. The van der Waals surface area contributed by atoms with E-state index >= 15 is 0 Å². The van der Waals surface area contributed by atoms with E-state index in [0.29, 0.717) is 34.3 Å². The second-order valence-electron chi connectivity index (χ2n) is 13.9. The number of anilines is 1. The average Bonchev–Trinajstić information content (AvgIpc) is 3.24. The van der Waals surface area contributed by atoms with Crippen molar-refractivity contribution in [1.29, 1.82) is 0 Å². The predicted octanol–water partition coefficient (Wildman–Crippen LogP) is 10.5. The van der Waals surface area contributed by atoms with Crippen LogP contribution in [0.2, 0.25) is 0 Å². The Hall–Kier alpha value is -7.73. The van der Waals surface area contributed by atoms with Gasteiger partial charge in [-0.15, -0.1) is 15.3 Å². The fourth-order valence-electron chi connectivity index (χ4n) is 6.73. The number of benzene rings is 8. The topological polar surface area (TPSA) is 324 Å². The van der Waals surface area contributed by atoms with Gasteiger partial charge in [-0.25, -0.2) is 0 Å². The number of rotatable bonds is 10. The summed E-state index contributed by atoms with van der Waals surface area (Å²) >= 11 is 0. The van der Waals surface area contributed by atoms with Gasteiger partial charge in [-0.1, -0.05) is 54.6 Å². The summed E-state index contributed by atoms with van der Waals surface area (Å²) in [6.07, 6.45) is 0. The van der Waals surface area contributed by atoms with Crippen molar-refractivity contribution in [3.05, 3.63) is 127 Å². The van der Waals surface area contributed by atoms with Crippen LogP contribution in [0, 0.1) is 0 Å². The highest BCUT2D eigenvalue weighted by Gasteiger charge is 2.26. The average molecular weight is 920 g/mol. The number of nitrogens with zero attached hydrogens (tertiary/aromatic N) is 6. The zero-order chi connectivity index (χ0) is 45.7. The van der Waals surface area contributed by atoms with Gasteiger partial charge in [-0.2, -0.15) is 40.6 Å². The quantitative estimate of drug-likeness (QED) is 0.0382. The Morgan fingerprint density at radius 2 is 0.953 bits per heavy atom. The molecule has 22 heteroatoms. The van der Waals surface area contributed by atoms with E-state index < -0.39 is 79.1 Å². The van der Waals surface area contributed by atoms with Crippen LogP contribution in [-0.4, -0.2) is 54.2 Å². The Bertz CT molecular complexity index is 3680. The molecule has 8 aromatic rings. The lowest BCUT2D eigenvalue weighted by Gasteiger charge is -2.11. The van der Waals surface area contributed by atoms with E-state index in [1.165, 1.54) is 24.3 Å². The van der Waals surface area contributed by atoms with Gasteiger partial charge in [-0.05, 0) is 88.6 Å². The molecule has 0 amide bonds. The van der Waals surface area contributed by atoms with E-state index in [1.54, 1.807) is 54.6 Å². The molecule has 0 aromatic heterocycles. The van der Waals surface area contributed by atoms with Gasteiger partial charge in [-0.3, -0.25) is 13.7 Å². The molecule has 0 radical (unpaired) electrons. The summed E-state index contributed by atoms with van der Waals surface area (Å²) in [5, 5.41) is 58.3. The molecule has 19 nitrogen and oxygen atoms in total. The summed E-state index contributed by atoms with van der Waals surface area (Å²) in [6, 6.07) is 31.3. The molecule has 0 saturated carbocycles. The molecule has 0 aliphatic carbocycles. The molecule has 0 spiro atoms. The van der Waals surface area contributed by atoms with Crippen LogP contribution in [-0.2, 0) is 30.4 Å². The molecule has 0 bridgehead atoms. The lowest BCUT2D eigenvalue weighted by molar-refractivity contribution is 0.457. The first-order chi connectivity index (χ1) is 30.3. The van der Waals surface area contributed by atoms with Gasteiger partial charge in [0.25, 0.3) is 30.4 Å². The summed E-state index contributed by atoms with van der Waals surface area (Å²) in [7, 11) is -14.8. The van der Waals surface area contributed by atoms with Crippen LogP contribution < -0.4 is 5.73 Å². The van der Waals surface area contributed by atoms with Crippen LogP contribution in [0.25, 0.3) is 43.4 Å². The van der Waals surface area contributed by atoms with Crippen LogP contribution >= 0.6 is 0 Å². The van der Waals surface area contributed by atoms with Gasteiger partial charge < -0.3 is 21.1 Å². The molecule has 0 heterocycles. The van der Waals surface area contributed by atoms with Gasteiger partial charge in [0.2, 0.25) is 0 Å². The molecule has 8 N–H and O–H groups in total. The lowest BCUT2D eigenvalue weighted by atomic mass is 10.1. The largest absolute Gasteiger partial charge is 0.507 e. The standard InChI is InChI=1S/C42H29N7O12S3/c43-33-15-16-34(31-4-2-1-3-30(31)33)47-46-28-14-9-24-18-36(63(56,57)58)39(41(51)32(24)20-28)48-44-26-10-5-22(6-11-26)23-7-12-27(13-8-23)45-49-40-37(64(59,60)61)19-25-17-29(62(53,54)55)21-35(50)38(25)42(40)52/h1-21,50-52H,43H2,(H,53,54,55)(H,56,57,58)(H,59,60,61). The Labute approximate surface area is 362 Å². The van der Waals surface area contributed by atoms with E-state index in [9.17, 15) is 54.2 Å². The molecule has 0 fully saturated rings. The van der Waals surface area contributed by atoms with Crippen molar-refractivity contribution in [2.24, 2.45) is 30.7 Å². The number of aromatic hydroxyl groups is 3. The van der Waals surface area contributed by atoms with E-state index in [2.05, 4.69) is 30.7 Å². The third kappa shape index (κ3) is 8.54. The highest BCUT2D eigenvalue weighted by atomic mass is 32.2. The van der Waals surface area contributed by atoms with Gasteiger partial charge >= 0.3 is 0 Å². The molecule has 0 saturated heterocycles. The third-order valence-corrected chi connectivity index (χ3v) is 12.4. The van der Waals surface area contributed by atoms with Gasteiger partial charge in [0.15, 0.2) is 11.5 Å². The summed E-state index contributed by atoms with van der Waals surface area (Å²) in [6.45, 7) is 0. The summed E-state index contributed by atoms with van der Waals surface area (Å²) in [4.78, 5) is -2.46. The van der Waals surface area contributed by atoms with E-state index in [-0.39, 0.29) is 27.5 Å². The minimum Gasteiger partial charge on any atom is -0.507 e. The Morgan fingerprint density at radius 1 is 0.438 bits per heavy atom. The predicted molar refractivity (Wildman–Crippen MR) is 235 cm³/mol. The zero-order valence-electron chi connectivity index (χ0n) is 32.2. The number of azo groups is 3. The maximum Gasteiger partial charge on any atom is 0.296 e. The Kier molecular flexibility index (Phi) is 10.9. The van der Waals surface area contributed by atoms with Crippen molar-refractivity contribution in [3.8, 4) is 28.4 Å². The lowest BCUT2D eigenvalue weighted by Crippen LogP contribution is -2.01. The van der Waals surface area contributed by atoms with E-state index in [4.69, 9.17) is 5.73 Å². The molecule has 8 aromatic carbocycles. The van der Waals surface area contributed by atoms with Crippen LogP contribution in [0.15, 0.2) is 173 Å². The maximum absolute atomic E-state index is 12.4. The van der Waals surface area contributed by atoms with Crippen LogP contribution in [0.4, 0.5) is 39.8 Å². The molecule has 8 rings (SSSR count). The number of nitrogen functional groups attached to an aromatic ring is 1. The van der Waals surface area contributed by atoms with Crippen molar-refractivity contribution in [1.82, 2.24) is 0 Å². The molecule has 0 aliphatic rings. The fourth-order valence-corrected chi connectivity index (χ4v) is 8.58.